The first-order valence-electron chi connectivity index (χ1n) is 16.2. The van der Waals surface area contributed by atoms with Crippen molar-refractivity contribution in [2.45, 2.75) is 104 Å². The van der Waals surface area contributed by atoms with Gasteiger partial charge in [0, 0.05) is 56.3 Å². The van der Waals surface area contributed by atoms with E-state index >= 15 is 0 Å². The molecule has 0 bridgehead atoms. The van der Waals surface area contributed by atoms with Gasteiger partial charge in [-0.2, -0.15) is 0 Å². The zero-order chi connectivity index (χ0) is 34.9. The van der Waals surface area contributed by atoms with Gasteiger partial charge in [-0.05, 0) is 90.8 Å². The molecule has 2 fully saturated rings. The first-order valence-corrected chi connectivity index (χ1v) is 17.0. The molecular weight excluding hydrogens is 668 g/mol. The lowest BCUT2D eigenvalue weighted by atomic mass is 10.1. The first-order chi connectivity index (χ1) is 21.9. The Labute approximate surface area is 288 Å². The molecule has 0 spiro atoms. The van der Waals surface area contributed by atoms with Gasteiger partial charge in [-0.1, -0.05) is 28.1 Å². The topological polar surface area (TPSA) is 104 Å². The Bertz CT molecular complexity index is 1370. The van der Waals surface area contributed by atoms with E-state index in [2.05, 4.69) is 15.9 Å². The highest BCUT2D eigenvalue weighted by Crippen LogP contribution is 2.26. The summed E-state index contributed by atoms with van der Waals surface area (Å²) in [5, 5.41) is 0. The van der Waals surface area contributed by atoms with Crippen molar-refractivity contribution in [3.05, 3.63) is 57.6 Å². The first kappa shape index (κ1) is 38.0. The van der Waals surface area contributed by atoms with Crippen molar-refractivity contribution in [1.82, 2.24) is 9.80 Å². The van der Waals surface area contributed by atoms with Crippen LogP contribution in [0.4, 0.5) is 9.59 Å². The fourth-order valence-electron chi connectivity index (χ4n) is 5.00. The number of amides is 2. The number of piperidine rings is 2. The summed E-state index contributed by atoms with van der Waals surface area (Å²) in [5.74, 6) is 1.14. The van der Waals surface area contributed by atoms with Crippen LogP contribution < -0.4 is 9.47 Å². The second kappa shape index (κ2) is 16.6. The zero-order valence-electron chi connectivity index (χ0n) is 29.3. The maximum atomic E-state index is 12.1. The van der Waals surface area contributed by atoms with Crippen LogP contribution in [0.1, 0.15) is 88.7 Å². The van der Waals surface area contributed by atoms with E-state index < -0.39 is 11.2 Å². The monoisotopic (exact) mass is 718 g/mol. The molecule has 0 N–H and O–H groups in total. The lowest BCUT2D eigenvalue weighted by Gasteiger charge is -2.33. The van der Waals surface area contributed by atoms with Crippen LogP contribution in [-0.4, -0.2) is 84.7 Å². The van der Waals surface area contributed by atoms with Crippen LogP contribution in [0, 0.1) is 13.8 Å². The number of likely N-dealkylation sites (tertiary alicyclic amines) is 2. The van der Waals surface area contributed by atoms with Crippen LogP contribution in [0.2, 0.25) is 0 Å². The van der Waals surface area contributed by atoms with Gasteiger partial charge in [0.1, 0.15) is 34.9 Å². The van der Waals surface area contributed by atoms with Gasteiger partial charge in [0.25, 0.3) is 0 Å². The Morgan fingerprint density at radius 1 is 0.681 bits per heavy atom. The number of carbonyl (C=O) groups is 3. The molecule has 0 atom stereocenters. The third kappa shape index (κ3) is 12.6. The fourth-order valence-corrected chi connectivity index (χ4v) is 5.36. The number of halogens is 1. The summed E-state index contributed by atoms with van der Waals surface area (Å²) < 4.78 is 28.6. The van der Waals surface area contributed by atoms with E-state index in [4.69, 9.17) is 23.7 Å². The Morgan fingerprint density at radius 2 is 1.09 bits per heavy atom. The number of benzene rings is 2. The molecule has 0 aliphatic carbocycles. The van der Waals surface area contributed by atoms with Gasteiger partial charge < -0.3 is 33.5 Å². The van der Waals surface area contributed by atoms with E-state index in [0.717, 1.165) is 41.5 Å². The number of hydrogen-bond acceptors (Lipinski definition) is 8. The summed E-state index contributed by atoms with van der Waals surface area (Å²) in [4.78, 5) is 39.3. The van der Waals surface area contributed by atoms with E-state index in [0.29, 0.717) is 37.5 Å². The summed E-state index contributed by atoms with van der Waals surface area (Å²) in [5.41, 5.74) is 1.60. The fraction of sp³-hybridized carbons (Fsp3) is 0.583. The molecule has 0 aromatic heterocycles. The minimum atomic E-state index is -0.489. The maximum Gasteiger partial charge on any atom is 0.410 e. The van der Waals surface area contributed by atoms with E-state index in [-0.39, 0.29) is 30.4 Å². The van der Waals surface area contributed by atoms with Crippen molar-refractivity contribution in [2.24, 2.45) is 0 Å². The summed E-state index contributed by atoms with van der Waals surface area (Å²) in [6, 6.07) is 11.4. The van der Waals surface area contributed by atoms with E-state index in [9.17, 15) is 14.4 Å². The highest BCUT2D eigenvalue weighted by Gasteiger charge is 2.29. The molecule has 2 aliphatic rings. The van der Waals surface area contributed by atoms with Crippen LogP contribution in [0.5, 0.6) is 11.5 Å². The molecule has 4 rings (SSSR count). The lowest BCUT2D eigenvalue weighted by Crippen LogP contribution is -2.44. The summed E-state index contributed by atoms with van der Waals surface area (Å²) in [7, 11) is 1.36. The Morgan fingerprint density at radius 3 is 1.47 bits per heavy atom. The van der Waals surface area contributed by atoms with Gasteiger partial charge >= 0.3 is 18.2 Å². The van der Waals surface area contributed by atoms with Crippen LogP contribution in [0.15, 0.2) is 40.9 Å². The van der Waals surface area contributed by atoms with E-state index in [1.165, 1.54) is 12.7 Å². The van der Waals surface area contributed by atoms with Crippen molar-refractivity contribution in [1.29, 1.82) is 0 Å². The minimum Gasteiger partial charge on any atom is -0.490 e. The third-order valence-corrected chi connectivity index (χ3v) is 8.40. The molecule has 0 unspecified atom stereocenters. The summed E-state index contributed by atoms with van der Waals surface area (Å²) in [6.07, 6.45) is 2.73. The number of nitrogens with zero attached hydrogens (tertiary/aromatic N) is 2. The Hall–Kier alpha value is -3.47. The number of methoxy groups -OCH3 is 1. The average Bonchev–Trinajstić information content (AvgIpc) is 2.99. The second-order valence-corrected chi connectivity index (χ2v) is 14.8. The van der Waals surface area contributed by atoms with Crippen LogP contribution >= 0.6 is 15.9 Å². The highest BCUT2D eigenvalue weighted by atomic mass is 79.9. The molecule has 2 heterocycles. The van der Waals surface area contributed by atoms with E-state index in [1.54, 1.807) is 15.9 Å². The molecule has 11 heteroatoms. The number of hydrogen-bond donors (Lipinski definition) is 0. The van der Waals surface area contributed by atoms with Gasteiger partial charge in [0.15, 0.2) is 0 Å². The van der Waals surface area contributed by atoms with Gasteiger partial charge in [0.2, 0.25) is 0 Å². The average molecular weight is 720 g/mol. The third-order valence-electron chi connectivity index (χ3n) is 7.55. The Balaban J connectivity index is 0.000000257. The summed E-state index contributed by atoms with van der Waals surface area (Å²) in [6.45, 7) is 17.7. The normalized spacial score (nSPS) is 16.0. The van der Waals surface area contributed by atoms with Crippen molar-refractivity contribution in [2.75, 3.05) is 33.3 Å². The van der Waals surface area contributed by atoms with Gasteiger partial charge in [-0.15, -0.1) is 0 Å². The maximum absolute atomic E-state index is 12.1. The molecule has 0 saturated carbocycles. The number of carbonyl (C=O) groups excluding carboxylic acids is 3. The standard InChI is InChI=1S/C19H27NO5.C17H24BrNO3/c1-13-6-7-15(12-16(13)17(21)23-5)24-14-8-10-20(11-9-14)18(22)25-19(2,3)4;1-12-5-6-14(11-15(12)18)21-13-7-9-19(10-8-13)16(20)22-17(2,3)4/h6-7,12,14H,8-11H2,1-5H3;5-6,11,13H,7-10H2,1-4H3. The van der Waals surface area contributed by atoms with Crippen LogP contribution in [0.3, 0.4) is 0 Å². The molecule has 47 heavy (non-hydrogen) atoms. The molecule has 2 amide bonds. The Kier molecular flexibility index (Phi) is 13.4. The lowest BCUT2D eigenvalue weighted by molar-refractivity contribution is 0.0115. The SMILES string of the molecule is COC(=O)c1cc(OC2CCN(C(=O)OC(C)(C)C)CC2)ccc1C.Cc1ccc(OC2CCN(C(=O)OC(C)(C)C)CC2)cc1Br. The van der Waals surface area contributed by atoms with E-state index in [1.807, 2.05) is 85.7 Å². The molecule has 2 aromatic carbocycles. The van der Waals surface area contributed by atoms with Gasteiger partial charge in [0.05, 0.1) is 12.7 Å². The molecule has 2 saturated heterocycles. The quantitative estimate of drug-likeness (QED) is 0.226. The molecular formula is C36H51BrN2O8. The number of rotatable bonds is 5. The predicted molar refractivity (Wildman–Crippen MR) is 184 cm³/mol. The van der Waals surface area contributed by atoms with Crippen molar-refractivity contribution in [3.8, 4) is 11.5 Å². The van der Waals surface area contributed by atoms with Gasteiger partial charge in [-0.25, -0.2) is 14.4 Å². The largest absolute Gasteiger partial charge is 0.490 e. The van der Waals surface area contributed by atoms with Crippen molar-refractivity contribution >= 4 is 34.1 Å². The smallest absolute Gasteiger partial charge is 0.410 e. The second-order valence-electron chi connectivity index (χ2n) is 13.9. The molecule has 2 aliphatic heterocycles. The van der Waals surface area contributed by atoms with Crippen LogP contribution in [0.25, 0.3) is 0 Å². The minimum absolute atomic E-state index is 0.00638. The molecule has 10 nitrogen and oxygen atoms in total. The number of esters is 1. The zero-order valence-corrected chi connectivity index (χ0v) is 30.9. The predicted octanol–water partition coefficient (Wildman–Crippen LogP) is 8.10. The summed E-state index contributed by atoms with van der Waals surface area (Å²) >= 11 is 3.52. The molecule has 0 radical (unpaired) electrons. The van der Waals surface area contributed by atoms with Crippen molar-refractivity contribution < 1.29 is 38.1 Å². The highest BCUT2D eigenvalue weighted by molar-refractivity contribution is 9.10. The van der Waals surface area contributed by atoms with Gasteiger partial charge in [-0.3, -0.25) is 0 Å². The number of aryl methyl sites for hydroxylation is 2. The number of ether oxygens (including phenoxy) is 5. The molecule has 2 aromatic rings. The van der Waals surface area contributed by atoms with Crippen LogP contribution in [-0.2, 0) is 14.2 Å². The molecule has 260 valence electrons. The van der Waals surface area contributed by atoms with Crippen molar-refractivity contribution in [3.63, 3.8) is 0 Å².